The summed E-state index contributed by atoms with van der Waals surface area (Å²) >= 11 is 0. The third kappa shape index (κ3) is 6.84. The van der Waals surface area contributed by atoms with Crippen molar-refractivity contribution in [2.45, 2.75) is 6.04 Å². The molecule has 1 saturated heterocycles. The summed E-state index contributed by atoms with van der Waals surface area (Å²) in [4.78, 5) is 12.9. The van der Waals surface area contributed by atoms with E-state index in [0.717, 1.165) is 0 Å². The molecule has 1 heterocycles. The van der Waals surface area contributed by atoms with Gasteiger partial charge in [-0.1, -0.05) is 0 Å². The van der Waals surface area contributed by atoms with Gasteiger partial charge in [0, 0.05) is 20.2 Å². The van der Waals surface area contributed by atoms with Gasteiger partial charge in [-0.2, -0.15) is 0 Å². The fraction of sp³-hybridized carbons (Fsp3) is 0.917. The van der Waals surface area contributed by atoms with Gasteiger partial charge in [0.15, 0.2) is 0 Å². The Hall–Kier alpha value is -0.730. The van der Waals surface area contributed by atoms with Gasteiger partial charge in [0.1, 0.15) is 6.04 Å². The highest BCUT2D eigenvalue weighted by Gasteiger charge is 2.28. The van der Waals surface area contributed by atoms with E-state index >= 15 is 0 Å². The van der Waals surface area contributed by atoms with Gasteiger partial charge in [0.2, 0.25) is 0 Å². The molecule has 1 aliphatic heterocycles. The Morgan fingerprint density at radius 2 is 1.95 bits per heavy atom. The van der Waals surface area contributed by atoms with Crippen LogP contribution in [0.25, 0.3) is 0 Å². The van der Waals surface area contributed by atoms with Crippen LogP contribution in [0, 0.1) is 0 Å². The van der Waals surface area contributed by atoms with Crippen molar-refractivity contribution >= 4 is 5.97 Å². The summed E-state index contributed by atoms with van der Waals surface area (Å²) < 4.78 is 20.7. The Labute approximate surface area is 113 Å². The van der Waals surface area contributed by atoms with E-state index in [1.165, 1.54) is 0 Å². The molecule has 0 aliphatic carbocycles. The van der Waals surface area contributed by atoms with E-state index in [4.69, 9.17) is 24.1 Å². The predicted octanol–water partition coefficient (Wildman–Crippen LogP) is -0.549. The van der Waals surface area contributed by atoms with Crippen LogP contribution >= 0.6 is 0 Å². The lowest BCUT2D eigenvalue weighted by atomic mass is 10.2. The maximum Gasteiger partial charge on any atom is 0.323 e. The highest BCUT2D eigenvalue weighted by molar-refractivity contribution is 5.73. The maximum absolute atomic E-state index is 11.0. The topological polar surface area (TPSA) is 77.5 Å². The minimum Gasteiger partial charge on any atom is -0.480 e. The zero-order valence-electron chi connectivity index (χ0n) is 11.4. The molecule has 7 nitrogen and oxygen atoms in total. The Kier molecular flexibility index (Phi) is 8.68. The number of hydrogen-bond donors (Lipinski definition) is 1. The summed E-state index contributed by atoms with van der Waals surface area (Å²) in [6.07, 6.45) is 0. The Morgan fingerprint density at radius 3 is 2.63 bits per heavy atom. The van der Waals surface area contributed by atoms with Gasteiger partial charge in [-0.15, -0.1) is 0 Å². The molecule has 1 atom stereocenters. The van der Waals surface area contributed by atoms with Gasteiger partial charge in [0.25, 0.3) is 0 Å². The average molecular weight is 277 g/mol. The summed E-state index contributed by atoms with van der Waals surface area (Å²) in [5.74, 6) is -0.845. The average Bonchev–Trinajstić information content (AvgIpc) is 2.42. The van der Waals surface area contributed by atoms with Crippen molar-refractivity contribution < 1.29 is 28.8 Å². The number of hydrogen-bond acceptors (Lipinski definition) is 6. The molecule has 0 aromatic rings. The van der Waals surface area contributed by atoms with Crippen LogP contribution in [0.15, 0.2) is 0 Å². The van der Waals surface area contributed by atoms with Crippen LogP contribution in [-0.4, -0.2) is 88.5 Å². The van der Waals surface area contributed by atoms with Gasteiger partial charge in [-0.3, -0.25) is 9.69 Å². The second kappa shape index (κ2) is 10.1. The number of methoxy groups -OCH3 is 1. The molecule has 1 rings (SSSR count). The molecule has 19 heavy (non-hydrogen) atoms. The lowest BCUT2D eigenvalue weighted by molar-refractivity contribution is -0.150. The molecule has 7 heteroatoms. The van der Waals surface area contributed by atoms with Crippen molar-refractivity contribution in [1.29, 1.82) is 0 Å². The lowest BCUT2D eigenvalue weighted by Gasteiger charge is -2.32. The molecule has 112 valence electrons. The minimum absolute atomic E-state index is 0.245. The molecule has 1 fully saturated rings. The molecule has 0 amide bonds. The zero-order valence-corrected chi connectivity index (χ0v) is 11.4. The van der Waals surface area contributed by atoms with Crippen molar-refractivity contribution in [2.24, 2.45) is 0 Å². The highest BCUT2D eigenvalue weighted by Crippen LogP contribution is 2.06. The van der Waals surface area contributed by atoms with Crippen LogP contribution < -0.4 is 0 Å². The molecular formula is C12H23NO6. The van der Waals surface area contributed by atoms with Crippen molar-refractivity contribution in [3.05, 3.63) is 0 Å². The number of carboxylic acid groups (broad SMARTS) is 1. The van der Waals surface area contributed by atoms with E-state index in [-0.39, 0.29) is 6.61 Å². The van der Waals surface area contributed by atoms with Crippen molar-refractivity contribution in [3.63, 3.8) is 0 Å². The number of morpholine rings is 1. The first-order valence-electron chi connectivity index (χ1n) is 6.44. The quantitative estimate of drug-likeness (QED) is 0.537. The number of nitrogens with zero attached hydrogens (tertiary/aromatic N) is 1. The van der Waals surface area contributed by atoms with E-state index in [1.807, 2.05) is 4.90 Å². The Bertz CT molecular complexity index is 250. The van der Waals surface area contributed by atoms with Crippen LogP contribution in [-0.2, 0) is 23.7 Å². The first-order valence-corrected chi connectivity index (χ1v) is 6.44. The Balaban J connectivity index is 2.02. The monoisotopic (exact) mass is 277 g/mol. The summed E-state index contributed by atoms with van der Waals surface area (Å²) in [6.45, 7) is 4.71. The number of aliphatic carboxylic acids is 1. The summed E-state index contributed by atoms with van der Waals surface area (Å²) in [6, 6.07) is -0.560. The third-order valence-corrected chi connectivity index (χ3v) is 2.85. The minimum atomic E-state index is -0.845. The Morgan fingerprint density at radius 1 is 1.26 bits per heavy atom. The summed E-state index contributed by atoms with van der Waals surface area (Å²) in [5.41, 5.74) is 0. The molecule has 0 aromatic carbocycles. The van der Waals surface area contributed by atoms with Gasteiger partial charge < -0.3 is 24.1 Å². The van der Waals surface area contributed by atoms with Crippen molar-refractivity contribution in [3.8, 4) is 0 Å². The summed E-state index contributed by atoms with van der Waals surface area (Å²) in [7, 11) is 1.63. The predicted molar refractivity (Wildman–Crippen MR) is 67.3 cm³/mol. The molecule has 0 aromatic heterocycles. The van der Waals surface area contributed by atoms with E-state index < -0.39 is 12.0 Å². The van der Waals surface area contributed by atoms with Crippen molar-refractivity contribution in [2.75, 3.05) is 66.4 Å². The van der Waals surface area contributed by atoms with E-state index in [9.17, 15) is 4.79 Å². The standard InChI is InChI=1S/C12H23NO6/c1-16-6-7-18-9-8-17-4-2-13-3-5-19-10-11(13)12(14)15/h11H,2-10H2,1H3,(H,14,15). The SMILES string of the molecule is COCCOCCOCCN1CCOCC1C(=O)O. The molecule has 1 unspecified atom stereocenters. The number of carbonyl (C=O) groups is 1. The smallest absolute Gasteiger partial charge is 0.323 e. The zero-order chi connectivity index (χ0) is 13.9. The fourth-order valence-corrected chi connectivity index (χ4v) is 1.78. The van der Waals surface area contributed by atoms with E-state index in [0.29, 0.717) is 52.7 Å². The number of carboxylic acids is 1. The summed E-state index contributed by atoms with van der Waals surface area (Å²) in [5, 5.41) is 9.04. The van der Waals surface area contributed by atoms with Crippen LogP contribution in [0.4, 0.5) is 0 Å². The van der Waals surface area contributed by atoms with E-state index in [1.54, 1.807) is 7.11 Å². The molecule has 0 radical (unpaired) electrons. The van der Waals surface area contributed by atoms with Gasteiger partial charge >= 0.3 is 5.97 Å². The highest BCUT2D eigenvalue weighted by atomic mass is 16.5. The van der Waals surface area contributed by atoms with E-state index in [2.05, 4.69) is 0 Å². The number of ether oxygens (including phenoxy) is 4. The number of rotatable bonds is 10. The van der Waals surface area contributed by atoms with Gasteiger partial charge in [0.05, 0.1) is 46.2 Å². The molecule has 0 saturated carbocycles. The molecule has 1 N–H and O–H groups in total. The normalized spacial score (nSPS) is 20.6. The first kappa shape index (κ1) is 16.3. The third-order valence-electron chi connectivity index (χ3n) is 2.85. The van der Waals surface area contributed by atoms with Gasteiger partial charge in [-0.25, -0.2) is 0 Å². The maximum atomic E-state index is 11.0. The second-order valence-corrected chi connectivity index (χ2v) is 4.18. The second-order valence-electron chi connectivity index (χ2n) is 4.18. The van der Waals surface area contributed by atoms with Crippen molar-refractivity contribution in [1.82, 2.24) is 4.90 Å². The lowest BCUT2D eigenvalue weighted by Crippen LogP contribution is -2.50. The molecule has 1 aliphatic rings. The molecular weight excluding hydrogens is 254 g/mol. The fourth-order valence-electron chi connectivity index (χ4n) is 1.78. The molecule has 0 bridgehead atoms. The van der Waals surface area contributed by atoms with Crippen LogP contribution in [0.3, 0.4) is 0 Å². The van der Waals surface area contributed by atoms with Crippen LogP contribution in [0.1, 0.15) is 0 Å². The van der Waals surface area contributed by atoms with Crippen LogP contribution in [0.5, 0.6) is 0 Å². The largest absolute Gasteiger partial charge is 0.480 e. The van der Waals surface area contributed by atoms with Gasteiger partial charge in [-0.05, 0) is 0 Å². The molecule has 0 spiro atoms. The first-order chi connectivity index (χ1) is 9.25. The van der Waals surface area contributed by atoms with Crippen LogP contribution in [0.2, 0.25) is 0 Å².